The molecule has 140 valence electrons. The maximum Gasteiger partial charge on any atom is 0.272 e. The molecule has 2 aromatic carbocycles. The highest BCUT2D eigenvalue weighted by Crippen LogP contribution is 2.23. The van der Waals surface area contributed by atoms with Crippen molar-refractivity contribution in [1.82, 2.24) is 15.1 Å². The van der Waals surface area contributed by atoms with E-state index in [4.69, 9.17) is 0 Å². The Morgan fingerprint density at radius 2 is 2.00 bits per heavy atom. The van der Waals surface area contributed by atoms with E-state index >= 15 is 0 Å². The number of aromatic amines is 1. The number of H-pyrrole nitrogens is 1. The van der Waals surface area contributed by atoms with E-state index in [1.165, 1.54) is 6.08 Å². The average molecular weight is 374 g/mol. The predicted octanol–water partition coefficient (Wildman–Crippen LogP) is 2.24. The van der Waals surface area contributed by atoms with Gasteiger partial charge in [0, 0.05) is 24.0 Å². The van der Waals surface area contributed by atoms with Crippen molar-refractivity contribution in [3.05, 3.63) is 82.8 Å². The van der Waals surface area contributed by atoms with E-state index in [-0.39, 0.29) is 17.4 Å². The zero-order valence-electron chi connectivity index (χ0n) is 15.0. The van der Waals surface area contributed by atoms with Crippen LogP contribution in [0.1, 0.15) is 15.9 Å². The van der Waals surface area contributed by atoms with Crippen molar-refractivity contribution >= 4 is 17.5 Å². The maximum absolute atomic E-state index is 12.5. The summed E-state index contributed by atoms with van der Waals surface area (Å²) in [6.45, 7) is 4.02. The Bertz CT molecular complexity index is 1160. The van der Waals surface area contributed by atoms with Gasteiger partial charge in [-0.25, -0.2) is 0 Å². The summed E-state index contributed by atoms with van der Waals surface area (Å²) >= 11 is 0. The Hall–Kier alpha value is -3.87. The molecule has 0 atom stereocenters. The molecule has 3 aromatic rings. The summed E-state index contributed by atoms with van der Waals surface area (Å²) in [6, 6.07) is 12.5. The van der Waals surface area contributed by atoms with Crippen LogP contribution in [0.25, 0.3) is 16.8 Å². The van der Waals surface area contributed by atoms with Gasteiger partial charge in [0.1, 0.15) is 0 Å². The number of amides is 2. The fraction of sp³-hybridized carbons (Fsp3) is 0.0952. The summed E-state index contributed by atoms with van der Waals surface area (Å²) in [4.78, 5) is 35.9. The van der Waals surface area contributed by atoms with E-state index in [0.29, 0.717) is 29.0 Å². The number of hydrogen-bond donors (Lipinski definition) is 3. The molecule has 2 heterocycles. The van der Waals surface area contributed by atoms with Gasteiger partial charge in [-0.15, -0.1) is 0 Å². The molecule has 0 spiro atoms. The third-order valence-corrected chi connectivity index (χ3v) is 4.64. The Morgan fingerprint density at radius 1 is 1.14 bits per heavy atom. The number of nitrogens with one attached hydrogen (secondary N) is 3. The van der Waals surface area contributed by atoms with E-state index in [1.807, 2.05) is 12.1 Å². The highest BCUT2D eigenvalue weighted by molar-refractivity contribution is 5.99. The Labute approximate surface area is 160 Å². The van der Waals surface area contributed by atoms with Crippen molar-refractivity contribution in [2.24, 2.45) is 0 Å². The van der Waals surface area contributed by atoms with Crippen LogP contribution in [-0.4, -0.2) is 28.1 Å². The number of nitrogens with zero attached hydrogens (tertiary/aromatic N) is 1. The largest absolute Gasteiger partial charge is 0.352 e. The minimum absolute atomic E-state index is 0.0855. The second kappa shape index (κ2) is 7.03. The molecule has 0 saturated carbocycles. The molecule has 2 amide bonds. The van der Waals surface area contributed by atoms with Gasteiger partial charge in [0.15, 0.2) is 0 Å². The van der Waals surface area contributed by atoms with E-state index in [2.05, 4.69) is 22.3 Å². The summed E-state index contributed by atoms with van der Waals surface area (Å²) in [5.74, 6) is -0.394. The summed E-state index contributed by atoms with van der Waals surface area (Å²) in [5.41, 5.74) is 3.90. The molecule has 3 N–H and O–H groups in total. The van der Waals surface area contributed by atoms with Crippen LogP contribution in [0.4, 0.5) is 5.69 Å². The van der Waals surface area contributed by atoms with Gasteiger partial charge in [-0.3, -0.25) is 24.2 Å². The standard InChI is InChI=1S/C21H18N4O3/c1-2-19(26)23-15-4-3-5-16(11-15)25-12-18(21(28)24-25)13-6-7-17-14(10-13)8-9-22-20(17)27/h2-7,10-12H,1,8-9H2,(H,22,27)(H,23,26)(H,24,28). The van der Waals surface area contributed by atoms with Crippen LogP contribution in [0.2, 0.25) is 0 Å². The normalized spacial score (nSPS) is 12.8. The monoisotopic (exact) mass is 374 g/mol. The number of fused-ring (bicyclic) bond motifs is 1. The first-order valence-electron chi connectivity index (χ1n) is 8.82. The van der Waals surface area contributed by atoms with Gasteiger partial charge in [0.25, 0.3) is 11.5 Å². The van der Waals surface area contributed by atoms with Gasteiger partial charge in [0.2, 0.25) is 5.91 Å². The average Bonchev–Trinajstić information content (AvgIpc) is 3.10. The summed E-state index contributed by atoms with van der Waals surface area (Å²) in [6.07, 6.45) is 3.64. The second-order valence-corrected chi connectivity index (χ2v) is 6.48. The molecule has 1 aromatic heterocycles. The summed E-state index contributed by atoms with van der Waals surface area (Å²) in [5, 5.41) is 8.30. The van der Waals surface area contributed by atoms with Crippen LogP contribution >= 0.6 is 0 Å². The van der Waals surface area contributed by atoms with Crippen molar-refractivity contribution in [1.29, 1.82) is 0 Å². The van der Waals surface area contributed by atoms with Gasteiger partial charge >= 0.3 is 0 Å². The van der Waals surface area contributed by atoms with Crippen molar-refractivity contribution < 1.29 is 9.59 Å². The summed E-state index contributed by atoms with van der Waals surface area (Å²) in [7, 11) is 0. The lowest BCUT2D eigenvalue weighted by molar-refractivity contribution is -0.111. The SMILES string of the molecule is C=CC(=O)Nc1cccc(-n2cc(-c3ccc4c(c3)CCNC4=O)c(=O)[nH]2)c1. The van der Waals surface area contributed by atoms with Crippen LogP contribution in [0.3, 0.4) is 0 Å². The van der Waals surface area contributed by atoms with Crippen molar-refractivity contribution in [2.45, 2.75) is 6.42 Å². The Balaban J connectivity index is 1.69. The lowest BCUT2D eigenvalue weighted by atomic mass is 9.96. The number of aromatic nitrogens is 2. The highest BCUT2D eigenvalue weighted by atomic mass is 16.2. The fourth-order valence-electron chi connectivity index (χ4n) is 3.26. The topological polar surface area (TPSA) is 96.0 Å². The molecule has 1 aliphatic rings. The fourth-order valence-corrected chi connectivity index (χ4v) is 3.26. The van der Waals surface area contributed by atoms with Crippen molar-refractivity contribution in [3.63, 3.8) is 0 Å². The van der Waals surface area contributed by atoms with Gasteiger partial charge in [-0.05, 0) is 47.9 Å². The van der Waals surface area contributed by atoms with E-state index < -0.39 is 0 Å². The van der Waals surface area contributed by atoms with Gasteiger partial charge in [-0.2, -0.15) is 0 Å². The molecule has 0 fully saturated rings. The van der Waals surface area contributed by atoms with Gasteiger partial charge in [0.05, 0.1) is 11.3 Å². The first kappa shape index (κ1) is 17.5. The Morgan fingerprint density at radius 3 is 2.82 bits per heavy atom. The van der Waals surface area contributed by atoms with Gasteiger partial charge < -0.3 is 10.6 Å². The van der Waals surface area contributed by atoms with Crippen LogP contribution in [-0.2, 0) is 11.2 Å². The number of rotatable bonds is 4. The molecule has 1 aliphatic heterocycles. The lowest BCUT2D eigenvalue weighted by Crippen LogP contribution is -2.31. The third kappa shape index (κ3) is 3.25. The molecular weight excluding hydrogens is 356 g/mol. The van der Waals surface area contributed by atoms with Crippen molar-refractivity contribution in [3.8, 4) is 16.8 Å². The molecule has 0 unspecified atom stereocenters. The number of carbonyl (C=O) groups is 2. The number of carbonyl (C=O) groups excluding carboxylic acids is 2. The van der Waals surface area contributed by atoms with Gasteiger partial charge in [-0.1, -0.05) is 24.8 Å². The van der Waals surface area contributed by atoms with Crippen molar-refractivity contribution in [2.75, 3.05) is 11.9 Å². The zero-order valence-corrected chi connectivity index (χ0v) is 15.0. The summed E-state index contributed by atoms with van der Waals surface area (Å²) < 4.78 is 1.60. The molecule has 7 nitrogen and oxygen atoms in total. The molecular formula is C21H18N4O3. The molecule has 0 bridgehead atoms. The minimum atomic E-state index is -0.308. The smallest absolute Gasteiger partial charge is 0.272 e. The number of benzene rings is 2. The predicted molar refractivity (Wildman–Crippen MR) is 107 cm³/mol. The molecule has 0 saturated heterocycles. The minimum Gasteiger partial charge on any atom is -0.352 e. The van der Waals surface area contributed by atoms with Crippen LogP contribution in [0.5, 0.6) is 0 Å². The third-order valence-electron chi connectivity index (χ3n) is 4.64. The van der Waals surface area contributed by atoms with E-state index in [1.54, 1.807) is 41.2 Å². The number of hydrogen-bond acceptors (Lipinski definition) is 3. The highest BCUT2D eigenvalue weighted by Gasteiger charge is 2.18. The molecule has 0 radical (unpaired) electrons. The maximum atomic E-state index is 12.5. The quantitative estimate of drug-likeness (QED) is 0.611. The second-order valence-electron chi connectivity index (χ2n) is 6.48. The zero-order chi connectivity index (χ0) is 19.7. The van der Waals surface area contributed by atoms with E-state index in [0.717, 1.165) is 17.5 Å². The molecule has 4 rings (SSSR count). The molecule has 7 heteroatoms. The molecule has 28 heavy (non-hydrogen) atoms. The first-order valence-corrected chi connectivity index (χ1v) is 8.82. The van der Waals surface area contributed by atoms with Crippen LogP contribution < -0.4 is 16.2 Å². The first-order chi connectivity index (χ1) is 13.5. The van der Waals surface area contributed by atoms with E-state index in [9.17, 15) is 14.4 Å². The number of anilines is 1. The van der Waals surface area contributed by atoms with Crippen LogP contribution in [0, 0.1) is 0 Å². The molecule has 0 aliphatic carbocycles. The Kier molecular flexibility index (Phi) is 4.41. The van der Waals surface area contributed by atoms with Crippen LogP contribution in [0.15, 0.2) is 66.1 Å². The lowest BCUT2D eigenvalue weighted by Gasteiger charge is -2.16.